The van der Waals surface area contributed by atoms with Crippen LogP contribution in [0.2, 0.25) is 0 Å². The van der Waals surface area contributed by atoms with Gasteiger partial charge in [-0.25, -0.2) is 4.68 Å². The van der Waals surface area contributed by atoms with Crippen molar-refractivity contribution in [1.82, 2.24) is 24.8 Å². The number of hydrogen-bond acceptors (Lipinski definition) is 8. The minimum atomic E-state index is -4.54. The summed E-state index contributed by atoms with van der Waals surface area (Å²) in [5, 5.41) is 8.31. The highest BCUT2D eigenvalue weighted by Gasteiger charge is 2.34. The van der Waals surface area contributed by atoms with Crippen LogP contribution in [-0.2, 0) is 28.7 Å². The van der Waals surface area contributed by atoms with Gasteiger partial charge in [0.2, 0.25) is 11.7 Å². The van der Waals surface area contributed by atoms with Crippen LogP contribution in [0.3, 0.4) is 0 Å². The number of rotatable bonds is 10. The molecule has 1 aliphatic rings. The van der Waals surface area contributed by atoms with E-state index in [4.69, 9.17) is 14.0 Å². The summed E-state index contributed by atoms with van der Waals surface area (Å²) in [6.45, 7) is 10.1. The van der Waals surface area contributed by atoms with Crippen LogP contribution in [0.25, 0.3) is 23.0 Å². The first-order valence-corrected chi connectivity index (χ1v) is 13.3. The first kappa shape index (κ1) is 28.6. The van der Waals surface area contributed by atoms with Gasteiger partial charge in [0.05, 0.1) is 24.2 Å². The molecule has 9 nitrogen and oxygen atoms in total. The molecule has 212 valence electrons. The van der Waals surface area contributed by atoms with Crippen LogP contribution >= 0.6 is 0 Å². The van der Waals surface area contributed by atoms with E-state index >= 15 is 0 Å². The number of likely N-dealkylation sites (tertiary alicyclic amines) is 1. The number of carbonyl (C=O) groups excluding carboxylic acids is 1. The Labute approximate surface area is 225 Å². The second-order valence-electron chi connectivity index (χ2n) is 9.76. The highest BCUT2D eigenvalue weighted by Crippen LogP contribution is 2.35. The van der Waals surface area contributed by atoms with E-state index in [2.05, 4.69) is 20.1 Å². The lowest BCUT2D eigenvalue weighted by Crippen LogP contribution is -2.38. The number of aromatic nitrogens is 4. The lowest BCUT2D eigenvalue weighted by Gasteiger charge is -2.31. The van der Waals surface area contributed by atoms with Crippen molar-refractivity contribution < 1.29 is 32.0 Å². The Morgan fingerprint density at radius 1 is 1.18 bits per heavy atom. The number of alkyl halides is 3. The van der Waals surface area contributed by atoms with E-state index in [1.807, 2.05) is 20.8 Å². The maximum Gasteiger partial charge on any atom is 0.416 e. The highest BCUT2D eigenvalue weighted by molar-refractivity contribution is 5.72. The van der Waals surface area contributed by atoms with Crippen molar-refractivity contribution in [2.45, 2.75) is 65.8 Å². The van der Waals surface area contributed by atoms with Gasteiger partial charge >= 0.3 is 12.1 Å². The monoisotopic (exact) mass is 549 g/mol. The maximum atomic E-state index is 14.0. The Balaban J connectivity index is 1.47. The third kappa shape index (κ3) is 6.97. The fourth-order valence-electron chi connectivity index (χ4n) is 4.64. The van der Waals surface area contributed by atoms with Crippen molar-refractivity contribution in [2.24, 2.45) is 5.92 Å². The van der Waals surface area contributed by atoms with Crippen molar-refractivity contribution in [3.05, 3.63) is 35.4 Å². The zero-order valence-corrected chi connectivity index (χ0v) is 22.6. The quantitative estimate of drug-likeness (QED) is 0.317. The fourth-order valence-corrected chi connectivity index (χ4v) is 4.64. The maximum absolute atomic E-state index is 14.0. The Hall–Kier alpha value is -3.41. The third-order valence-corrected chi connectivity index (χ3v) is 6.62. The van der Waals surface area contributed by atoms with Gasteiger partial charge in [-0.3, -0.25) is 4.79 Å². The molecule has 0 unspecified atom stereocenters. The summed E-state index contributed by atoms with van der Waals surface area (Å²) < 4.78 is 59.9. The van der Waals surface area contributed by atoms with Crippen molar-refractivity contribution in [3.63, 3.8) is 0 Å². The van der Waals surface area contributed by atoms with Crippen molar-refractivity contribution in [1.29, 1.82) is 0 Å². The summed E-state index contributed by atoms with van der Waals surface area (Å²) in [7, 11) is 0. The van der Waals surface area contributed by atoms with Crippen LogP contribution in [0.4, 0.5) is 13.2 Å². The van der Waals surface area contributed by atoms with Gasteiger partial charge in [-0.1, -0.05) is 17.3 Å². The Morgan fingerprint density at radius 2 is 1.92 bits per heavy atom. The predicted molar refractivity (Wildman–Crippen MR) is 137 cm³/mol. The van der Waals surface area contributed by atoms with Crippen LogP contribution < -0.4 is 4.74 Å². The Kier molecular flexibility index (Phi) is 8.94. The van der Waals surface area contributed by atoms with Crippen LogP contribution in [0, 0.1) is 5.92 Å². The number of halogens is 3. The van der Waals surface area contributed by atoms with Crippen LogP contribution in [0.1, 0.15) is 51.7 Å². The molecule has 3 aromatic rings. The van der Waals surface area contributed by atoms with E-state index < -0.39 is 11.7 Å². The van der Waals surface area contributed by atoms with Crippen molar-refractivity contribution >= 4 is 5.97 Å². The molecule has 1 aliphatic heterocycles. The molecule has 0 atom stereocenters. The summed E-state index contributed by atoms with van der Waals surface area (Å²) in [5.41, 5.74) is 0.0471. The number of aryl methyl sites for hydroxylation is 1. The van der Waals surface area contributed by atoms with E-state index in [1.165, 1.54) is 6.07 Å². The molecule has 0 spiro atoms. The third-order valence-electron chi connectivity index (χ3n) is 6.62. The SMILES string of the molecule is CCOC(=O)C1CCN(CCc2ccc(-c3noc(-c4cc(OC(C)C)n(CC)n4)n3)cc2C(F)(F)F)CC1. The molecule has 3 heterocycles. The number of ether oxygens (including phenoxy) is 2. The molecule has 0 N–H and O–H groups in total. The molecular weight excluding hydrogens is 515 g/mol. The summed E-state index contributed by atoms with van der Waals surface area (Å²) in [4.78, 5) is 18.3. The molecule has 1 fully saturated rings. The van der Waals surface area contributed by atoms with E-state index in [-0.39, 0.29) is 47.3 Å². The fraction of sp³-hybridized carbons (Fsp3) is 0.556. The first-order valence-electron chi connectivity index (χ1n) is 13.3. The van der Waals surface area contributed by atoms with Crippen LogP contribution in [0.5, 0.6) is 5.88 Å². The molecule has 4 rings (SSSR count). The zero-order chi connectivity index (χ0) is 28.2. The molecule has 39 heavy (non-hydrogen) atoms. The summed E-state index contributed by atoms with van der Waals surface area (Å²) in [6.07, 6.45) is -3.09. The first-order chi connectivity index (χ1) is 18.6. The van der Waals surface area contributed by atoms with Gasteiger partial charge in [-0.05, 0) is 71.7 Å². The Morgan fingerprint density at radius 3 is 2.56 bits per heavy atom. The average Bonchev–Trinajstić information content (AvgIpc) is 3.54. The lowest BCUT2D eigenvalue weighted by molar-refractivity contribution is -0.149. The standard InChI is InChI=1S/C27H34F3N5O4/c1-5-35-23(38-17(3)4)16-22(32-35)25-31-24(33-39-25)20-8-7-18(21(15-20)27(28,29)30)9-12-34-13-10-19(11-14-34)26(36)37-6-2/h7-8,15-17,19H,5-6,9-14H2,1-4H3. The molecule has 0 radical (unpaired) electrons. The van der Waals surface area contributed by atoms with E-state index in [1.54, 1.807) is 23.7 Å². The van der Waals surface area contributed by atoms with Gasteiger partial charge in [0.1, 0.15) is 0 Å². The number of esters is 1. The second kappa shape index (κ2) is 12.2. The molecule has 12 heteroatoms. The number of hydrogen-bond donors (Lipinski definition) is 0. The number of piperidine rings is 1. The number of carbonyl (C=O) groups is 1. The molecule has 2 aromatic heterocycles. The molecule has 1 saturated heterocycles. The van der Waals surface area contributed by atoms with Gasteiger partial charge in [-0.2, -0.15) is 23.3 Å². The summed E-state index contributed by atoms with van der Waals surface area (Å²) in [6, 6.07) is 5.78. The molecular formula is C27H34F3N5O4. The number of nitrogens with zero attached hydrogens (tertiary/aromatic N) is 5. The largest absolute Gasteiger partial charge is 0.475 e. The molecule has 1 aromatic carbocycles. The van der Waals surface area contributed by atoms with Gasteiger partial charge < -0.3 is 18.9 Å². The molecule has 0 amide bonds. The molecule has 0 aliphatic carbocycles. The second-order valence-corrected chi connectivity index (χ2v) is 9.76. The van der Waals surface area contributed by atoms with E-state index in [0.717, 1.165) is 6.07 Å². The minimum absolute atomic E-state index is 0.0421. The number of benzene rings is 1. The zero-order valence-electron chi connectivity index (χ0n) is 22.6. The topological polar surface area (TPSA) is 95.5 Å². The predicted octanol–water partition coefficient (Wildman–Crippen LogP) is 5.24. The van der Waals surface area contributed by atoms with Gasteiger partial charge in [0.25, 0.3) is 5.89 Å². The Bertz CT molecular complexity index is 1260. The van der Waals surface area contributed by atoms with Gasteiger partial charge in [0.15, 0.2) is 5.69 Å². The van der Waals surface area contributed by atoms with Gasteiger partial charge in [0, 0.05) is 24.7 Å². The highest BCUT2D eigenvalue weighted by atomic mass is 19.4. The smallest absolute Gasteiger partial charge is 0.416 e. The molecule has 0 bridgehead atoms. The van der Waals surface area contributed by atoms with E-state index in [0.29, 0.717) is 57.2 Å². The molecule has 0 saturated carbocycles. The van der Waals surface area contributed by atoms with Crippen LogP contribution in [-0.4, -0.2) is 63.1 Å². The summed E-state index contributed by atoms with van der Waals surface area (Å²) in [5.74, 6) is 0.335. The van der Waals surface area contributed by atoms with Crippen LogP contribution in [0.15, 0.2) is 28.8 Å². The van der Waals surface area contributed by atoms with Gasteiger partial charge in [-0.15, -0.1) is 0 Å². The summed E-state index contributed by atoms with van der Waals surface area (Å²) >= 11 is 0. The van der Waals surface area contributed by atoms with Crippen molar-refractivity contribution in [3.8, 4) is 28.9 Å². The minimum Gasteiger partial charge on any atom is -0.475 e. The lowest BCUT2D eigenvalue weighted by atomic mass is 9.96. The van der Waals surface area contributed by atoms with E-state index in [9.17, 15) is 18.0 Å². The van der Waals surface area contributed by atoms with Crippen molar-refractivity contribution in [2.75, 3.05) is 26.2 Å². The average molecular weight is 550 g/mol. The normalized spacial score (nSPS) is 15.2.